The molecule has 1 amide bonds. The van der Waals surface area contributed by atoms with E-state index in [1.54, 1.807) is 0 Å². The average molecular weight is 279 g/mol. The lowest BCUT2D eigenvalue weighted by molar-refractivity contribution is -0.0804. The summed E-state index contributed by atoms with van der Waals surface area (Å²) in [5.41, 5.74) is 1.05. The number of carbonyl (C=O) groups excluding carboxylic acids is 1. The van der Waals surface area contributed by atoms with Crippen LogP contribution in [0.15, 0.2) is 30.3 Å². The van der Waals surface area contributed by atoms with E-state index in [4.69, 9.17) is 9.47 Å². The Morgan fingerprint density at radius 1 is 1.40 bits per heavy atom. The first-order valence-corrected chi connectivity index (χ1v) is 6.85. The van der Waals surface area contributed by atoms with Crippen LogP contribution in [-0.2, 0) is 16.1 Å². The molecule has 110 valence electrons. The lowest BCUT2D eigenvalue weighted by atomic mass is 9.96. The highest BCUT2D eigenvalue weighted by Gasteiger charge is 2.36. The van der Waals surface area contributed by atoms with Crippen LogP contribution in [0, 0.1) is 5.92 Å². The molecule has 1 saturated heterocycles. The van der Waals surface area contributed by atoms with Crippen molar-refractivity contribution in [1.29, 1.82) is 0 Å². The number of amides is 1. The molecule has 0 spiro atoms. The van der Waals surface area contributed by atoms with Crippen LogP contribution in [0.2, 0.25) is 0 Å². The number of hydrogen-bond donors (Lipinski definition) is 2. The number of ether oxygens (including phenoxy) is 2. The quantitative estimate of drug-likeness (QED) is 0.831. The Bertz CT molecular complexity index is 435. The van der Waals surface area contributed by atoms with Crippen LogP contribution in [0.25, 0.3) is 0 Å². The molecule has 1 fully saturated rings. The number of rotatable bonds is 6. The minimum Gasteiger partial charge on any atom is -0.447 e. The Morgan fingerprint density at radius 2 is 2.10 bits per heavy atom. The number of benzene rings is 1. The normalized spacial score (nSPS) is 21.4. The van der Waals surface area contributed by atoms with Crippen molar-refractivity contribution in [2.24, 2.45) is 5.92 Å². The molecule has 5 nitrogen and oxygen atoms in total. The maximum Gasteiger partial charge on any atom is 0.407 e. The Labute approximate surface area is 118 Å². The third-order valence-electron chi connectivity index (χ3n) is 3.39. The molecule has 0 bridgehead atoms. The number of nitrogens with one attached hydrogen (secondary N) is 1. The molecule has 0 aromatic heterocycles. The summed E-state index contributed by atoms with van der Waals surface area (Å²) in [7, 11) is 0. The SMILES string of the molecule is CC(C)[C@@H](OCc1ccccc1)[C@@H](O)[C@H]1COC(=O)N1. The van der Waals surface area contributed by atoms with Crippen LogP contribution in [0.5, 0.6) is 0 Å². The Hall–Kier alpha value is -1.59. The first-order valence-electron chi connectivity index (χ1n) is 6.85. The molecule has 1 heterocycles. The Kier molecular flexibility index (Phi) is 4.98. The molecule has 2 N–H and O–H groups in total. The smallest absolute Gasteiger partial charge is 0.407 e. The summed E-state index contributed by atoms with van der Waals surface area (Å²) < 4.78 is 10.7. The van der Waals surface area contributed by atoms with E-state index < -0.39 is 18.2 Å². The molecule has 5 heteroatoms. The minimum atomic E-state index is -0.787. The van der Waals surface area contributed by atoms with Crippen molar-refractivity contribution in [3.8, 4) is 0 Å². The third kappa shape index (κ3) is 3.71. The number of aliphatic hydroxyl groups is 1. The molecule has 1 aliphatic heterocycles. The summed E-state index contributed by atoms with van der Waals surface area (Å²) in [4.78, 5) is 11.0. The van der Waals surface area contributed by atoms with Crippen LogP contribution in [0.4, 0.5) is 4.79 Å². The number of carbonyl (C=O) groups is 1. The highest BCUT2D eigenvalue weighted by Crippen LogP contribution is 2.18. The van der Waals surface area contributed by atoms with Crippen molar-refractivity contribution >= 4 is 6.09 Å². The fourth-order valence-corrected chi connectivity index (χ4v) is 2.27. The largest absolute Gasteiger partial charge is 0.447 e. The third-order valence-corrected chi connectivity index (χ3v) is 3.39. The van der Waals surface area contributed by atoms with E-state index in [0.717, 1.165) is 5.56 Å². The van der Waals surface area contributed by atoms with Gasteiger partial charge in [0, 0.05) is 0 Å². The molecule has 3 atom stereocenters. The van der Waals surface area contributed by atoms with Crippen LogP contribution in [0.1, 0.15) is 19.4 Å². The molecule has 0 radical (unpaired) electrons. The topological polar surface area (TPSA) is 67.8 Å². The van der Waals surface area contributed by atoms with Crippen molar-refractivity contribution in [2.75, 3.05) is 6.61 Å². The summed E-state index contributed by atoms with van der Waals surface area (Å²) in [6.07, 6.45) is -1.63. The average Bonchev–Trinajstić information content (AvgIpc) is 2.86. The lowest BCUT2D eigenvalue weighted by Gasteiger charge is -2.29. The van der Waals surface area contributed by atoms with Crippen molar-refractivity contribution in [3.63, 3.8) is 0 Å². The Morgan fingerprint density at radius 3 is 2.65 bits per heavy atom. The fourth-order valence-electron chi connectivity index (χ4n) is 2.27. The molecule has 0 unspecified atom stereocenters. The first-order chi connectivity index (χ1) is 9.58. The van der Waals surface area contributed by atoms with Gasteiger partial charge in [0.25, 0.3) is 0 Å². The zero-order chi connectivity index (χ0) is 14.5. The summed E-state index contributed by atoms with van der Waals surface area (Å²) in [6, 6.07) is 9.39. The van der Waals surface area contributed by atoms with E-state index in [2.05, 4.69) is 5.32 Å². The fraction of sp³-hybridized carbons (Fsp3) is 0.533. The maximum atomic E-state index is 11.0. The van der Waals surface area contributed by atoms with E-state index in [-0.39, 0.29) is 18.6 Å². The van der Waals surface area contributed by atoms with Crippen molar-refractivity contribution < 1.29 is 19.4 Å². The number of alkyl carbamates (subject to hydrolysis) is 1. The van der Waals surface area contributed by atoms with Gasteiger partial charge in [-0.25, -0.2) is 4.79 Å². The van der Waals surface area contributed by atoms with Crippen molar-refractivity contribution in [2.45, 2.75) is 38.7 Å². The highest BCUT2D eigenvalue weighted by atomic mass is 16.6. The van der Waals surface area contributed by atoms with Gasteiger partial charge in [0.1, 0.15) is 12.7 Å². The van der Waals surface area contributed by atoms with E-state index in [1.165, 1.54) is 0 Å². The van der Waals surface area contributed by atoms with E-state index in [1.807, 2.05) is 44.2 Å². The molecule has 1 aromatic rings. The molecular formula is C15H21NO4. The summed E-state index contributed by atoms with van der Waals surface area (Å²) in [5.74, 6) is 0.131. The zero-order valence-electron chi connectivity index (χ0n) is 11.8. The predicted molar refractivity (Wildman–Crippen MR) is 74.1 cm³/mol. The monoisotopic (exact) mass is 279 g/mol. The van der Waals surface area contributed by atoms with Gasteiger partial charge in [-0.15, -0.1) is 0 Å². The van der Waals surface area contributed by atoms with Gasteiger partial charge in [0.05, 0.1) is 18.8 Å². The molecule has 20 heavy (non-hydrogen) atoms. The van der Waals surface area contributed by atoms with Crippen LogP contribution < -0.4 is 5.32 Å². The second-order valence-electron chi connectivity index (χ2n) is 5.35. The van der Waals surface area contributed by atoms with E-state index in [9.17, 15) is 9.90 Å². The van der Waals surface area contributed by atoms with Crippen molar-refractivity contribution in [3.05, 3.63) is 35.9 Å². The van der Waals surface area contributed by atoms with Gasteiger partial charge in [0.2, 0.25) is 0 Å². The predicted octanol–water partition coefficient (Wildman–Crippen LogP) is 1.70. The van der Waals surface area contributed by atoms with E-state index in [0.29, 0.717) is 6.61 Å². The van der Waals surface area contributed by atoms with Crippen LogP contribution >= 0.6 is 0 Å². The van der Waals surface area contributed by atoms with Gasteiger partial charge < -0.3 is 19.9 Å². The van der Waals surface area contributed by atoms with Gasteiger partial charge in [-0.1, -0.05) is 44.2 Å². The summed E-state index contributed by atoms with van der Waals surface area (Å²) in [6.45, 7) is 4.58. The molecular weight excluding hydrogens is 258 g/mol. The Balaban J connectivity index is 1.94. The molecule has 0 aliphatic carbocycles. The first kappa shape index (κ1) is 14.8. The van der Waals surface area contributed by atoms with Gasteiger partial charge in [-0.3, -0.25) is 0 Å². The number of hydrogen-bond acceptors (Lipinski definition) is 4. The summed E-state index contributed by atoms with van der Waals surface area (Å²) >= 11 is 0. The second kappa shape index (κ2) is 6.72. The molecule has 1 aromatic carbocycles. The van der Waals surface area contributed by atoms with Gasteiger partial charge >= 0.3 is 6.09 Å². The second-order valence-corrected chi connectivity index (χ2v) is 5.35. The lowest BCUT2D eigenvalue weighted by Crippen LogP contribution is -2.48. The van der Waals surface area contributed by atoms with E-state index >= 15 is 0 Å². The summed E-state index contributed by atoms with van der Waals surface area (Å²) in [5, 5.41) is 13.0. The molecule has 2 rings (SSSR count). The van der Waals surface area contributed by atoms with Gasteiger partial charge in [-0.05, 0) is 11.5 Å². The van der Waals surface area contributed by atoms with Gasteiger partial charge in [0.15, 0.2) is 0 Å². The maximum absolute atomic E-state index is 11.0. The number of aliphatic hydroxyl groups excluding tert-OH is 1. The molecule has 0 saturated carbocycles. The van der Waals surface area contributed by atoms with Gasteiger partial charge in [-0.2, -0.15) is 0 Å². The number of cyclic esters (lactones) is 1. The van der Waals surface area contributed by atoms with Crippen molar-refractivity contribution in [1.82, 2.24) is 5.32 Å². The standard InChI is InChI=1S/C15H21NO4/c1-10(2)14(13(17)12-9-20-15(18)16-12)19-8-11-6-4-3-5-7-11/h3-7,10,12-14,17H,8-9H2,1-2H3,(H,16,18)/t12-,13+,14-/m1/s1. The highest BCUT2D eigenvalue weighted by molar-refractivity contribution is 5.69. The zero-order valence-corrected chi connectivity index (χ0v) is 11.8. The van der Waals surface area contributed by atoms with Crippen LogP contribution in [0.3, 0.4) is 0 Å². The van der Waals surface area contributed by atoms with Crippen LogP contribution in [-0.4, -0.2) is 36.1 Å². The molecule has 1 aliphatic rings. The minimum absolute atomic E-state index is 0.131.